The second-order valence-electron chi connectivity index (χ2n) is 3.81. The van der Waals surface area contributed by atoms with Crippen LogP contribution in [0.4, 0.5) is 0 Å². The minimum atomic E-state index is -0.591. The van der Waals surface area contributed by atoms with Gasteiger partial charge in [0.25, 0.3) is 11.7 Å². The van der Waals surface area contributed by atoms with Gasteiger partial charge in [-0.2, -0.15) is 10.1 Å². The van der Waals surface area contributed by atoms with E-state index in [9.17, 15) is 4.79 Å². The lowest BCUT2D eigenvalue weighted by molar-refractivity contribution is 0.0508. The normalized spacial score (nSPS) is 10.7. The molecule has 2 aromatic rings. The van der Waals surface area contributed by atoms with Crippen LogP contribution in [0.25, 0.3) is 11.5 Å². The van der Waals surface area contributed by atoms with Crippen molar-refractivity contribution in [2.24, 2.45) is 7.05 Å². The molecule has 7 heteroatoms. The van der Waals surface area contributed by atoms with Crippen LogP contribution in [-0.4, -0.2) is 32.5 Å². The Bertz CT molecular complexity index is 585. The van der Waals surface area contributed by atoms with Crippen LogP contribution in [-0.2, 0) is 11.8 Å². The Kier molecular flexibility index (Phi) is 3.14. The van der Waals surface area contributed by atoms with E-state index in [0.29, 0.717) is 0 Å². The molecule has 0 atom stereocenters. The average molecular weight is 250 g/mol. The number of hydrogen-bond donors (Lipinski definition) is 0. The predicted octanol–water partition coefficient (Wildman–Crippen LogP) is 1.26. The maximum Gasteiger partial charge on any atom is 0.379 e. The van der Waals surface area contributed by atoms with E-state index >= 15 is 0 Å². The molecule has 0 saturated carbocycles. The molecule has 18 heavy (non-hydrogen) atoms. The second kappa shape index (κ2) is 4.59. The zero-order valence-electron chi connectivity index (χ0n) is 10.7. The van der Waals surface area contributed by atoms with Gasteiger partial charge in [-0.3, -0.25) is 4.68 Å². The Balaban J connectivity index is 2.38. The van der Waals surface area contributed by atoms with E-state index in [1.807, 2.05) is 20.9 Å². The first-order valence-corrected chi connectivity index (χ1v) is 5.56. The van der Waals surface area contributed by atoms with Crippen LogP contribution in [0, 0.1) is 13.8 Å². The predicted molar refractivity (Wildman–Crippen MR) is 61.9 cm³/mol. The molecule has 2 heterocycles. The first kappa shape index (κ1) is 12.3. The minimum absolute atomic E-state index is 0.0745. The van der Waals surface area contributed by atoms with Gasteiger partial charge in [0.05, 0.1) is 17.9 Å². The smallest absolute Gasteiger partial charge is 0.379 e. The molecule has 0 radical (unpaired) electrons. The number of carbonyl (C=O) groups is 1. The van der Waals surface area contributed by atoms with Gasteiger partial charge >= 0.3 is 5.97 Å². The van der Waals surface area contributed by atoms with E-state index in [1.54, 1.807) is 11.6 Å². The van der Waals surface area contributed by atoms with E-state index in [2.05, 4.69) is 15.2 Å². The number of carbonyl (C=O) groups excluding carboxylic acids is 1. The Hall–Kier alpha value is -2.18. The lowest BCUT2D eigenvalue weighted by Gasteiger charge is -1.95. The van der Waals surface area contributed by atoms with Crippen LogP contribution in [0.15, 0.2) is 4.52 Å². The highest BCUT2D eigenvalue weighted by molar-refractivity contribution is 5.85. The minimum Gasteiger partial charge on any atom is -0.460 e. The van der Waals surface area contributed by atoms with Crippen molar-refractivity contribution in [1.29, 1.82) is 0 Å². The highest BCUT2D eigenvalue weighted by Gasteiger charge is 2.21. The van der Waals surface area contributed by atoms with Crippen molar-refractivity contribution in [3.8, 4) is 11.5 Å². The number of nitrogens with zero attached hydrogens (tertiary/aromatic N) is 4. The molecular weight excluding hydrogens is 236 g/mol. The van der Waals surface area contributed by atoms with Crippen LogP contribution < -0.4 is 0 Å². The Labute approximate surface area is 104 Å². The SMILES string of the molecule is CCOC(=O)c1noc(-c2c(C)nn(C)c2C)n1. The van der Waals surface area contributed by atoms with Crippen LogP contribution in [0.1, 0.15) is 28.9 Å². The third kappa shape index (κ3) is 1.99. The summed E-state index contributed by atoms with van der Waals surface area (Å²) in [6.45, 7) is 5.72. The molecule has 0 aromatic carbocycles. The summed E-state index contributed by atoms with van der Waals surface area (Å²) in [7, 11) is 1.83. The first-order chi connectivity index (χ1) is 8.54. The standard InChI is InChI=1S/C11H14N4O3/c1-5-17-11(16)9-12-10(18-14-9)8-6(2)13-15(4)7(8)3/h5H2,1-4H3. The quantitative estimate of drug-likeness (QED) is 0.763. The zero-order chi connectivity index (χ0) is 13.3. The molecule has 0 aliphatic heterocycles. The highest BCUT2D eigenvalue weighted by atomic mass is 16.5. The maximum atomic E-state index is 11.4. The molecule has 0 bridgehead atoms. The number of aromatic nitrogens is 4. The van der Waals surface area contributed by atoms with Gasteiger partial charge in [0.2, 0.25) is 0 Å². The van der Waals surface area contributed by atoms with E-state index in [4.69, 9.17) is 9.26 Å². The van der Waals surface area contributed by atoms with Gasteiger partial charge in [0.1, 0.15) is 0 Å². The van der Waals surface area contributed by atoms with Gasteiger partial charge in [0, 0.05) is 12.7 Å². The molecule has 2 rings (SSSR count). The summed E-state index contributed by atoms with van der Waals surface area (Å²) in [5, 5.41) is 7.86. The van der Waals surface area contributed by atoms with Crippen molar-refractivity contribution < 1.29 is 14.1 Å². The summed E-state index contributed by atoms with van der Waals surface area (Å²) in [6.07, 6.45) is 0. The molecule has 0 aliphatic rings. The third-order valence-electron chi connectivity index (χ3n) is 2.61. The van der Waals surface area contributed by atoms with Crippen LogP contribution in [0.2, 0.25) is 0 Å². The molecule has 2 aromatic heterocycles. The molecule has 0 fully saturated rings. The summed E-state index contributed by atoms with van der Waals surface area (Å²) < 4.78 is 11.6. The second-order valence-corrected chi connectivity index (χ2v) is 3.81. The van der Waals surface area contributed by atoms with Crippen molar-refractivity contribution in [3.05, 3.63) is 17.2 Å². The fraction of sp³-hybridized carbons (Fsp3) is 0.455. The largest absolute Gasteiger partial charge is 0.460 e. The molecule has 0 amide bonds. The van der Waals surface area contributed by atoms with E-state index in [0.717, 1.165) is 17.0 Å². The Morgan fingerprint density at radius 2 is 2.17 bits per heavy atom. The third-order valence-corrected chi connectivity index (χ3v) is 2.61. The van der Waals surface area contributed by atoms with Gasteiger partial charge in [-0.1, -0.05) is 0 Å². The van der Waals surface area contributed by atoms with Crippen LogP contribution in [0.5, 0.6) is 0 Å². The first-order valence-electron chi connectivity index (χ1n) is 5.56. The lowest BCUT2D eigenvalue weighted by Crippen LogP contribution is -2.06. The van der Waals surface area contributed by atoms with E-state index in [-0.39, 0.29) is 18.3 Å². The van der Waals surface area contributed by atoms with Gasteiger partial charge < -0.3 is 9.26 Å². The molecule has 0 unspecified atom stereocenters. The topological polar surface area (TPSA) is 83.0 Å². The number of ether oxygens (including phenoxy) is 1. The van der Waals surface area contributed by atoms with Crippen molar-refractivity contribution in [2.75, 3.05) is 6.61 Å². The van der Waals surface area contributed by atoms with Gasteiger partial charge in [0.15, 0.2) is 0 Å². The fourth-order valence-corrected chi connectivity index (χ4v) is 1.69. The molecule has 0 spiro atoms. The molecular formula is C11H14N4O3. The molecule has 0 N–H and O–H groups in total. The Morgan fingerprint density at radius 1 is 1.44 bits per heavy atom. The van der Waals surface area contributed by atoms with Gasteiger partial charge in [-0.15, -0.1) is 0 Å². The summed E-state index contributed by atoms with van der Waals surface area (Å²) in [5.74, 6) is -0.387. The fourth-order valence-electron chi connectivity index (χ4n) is 1.69. The molecule has 96 valence electrons. The van der Waals surface area contributed by atoms with Crippen molar-refractivity contribution in [2.45, 2.75) is 20.8 Å². The van der Waals surface area contributed by atoms with Gasteiger partial charge in [-0.25, -0.2) is 4.79 Å². The number of rotatable bonds is 3. The van der Waals surface area contributed by atoms with Crippen LogP contribution in [0.3, 0.4) is 0 Å². The summed E-state index contributed by atoms with van der Waals surface area (Å²) >= 11 is 0. The van der Waals surface area contributed by atoms with E-state index in [1.165, 1.54) is 0 Å². The molecule has 0 aliphatic carbocycles. The van der Waals surface area contributed by atoms with Crippen molar-refractivity contribution in [3.63, 3.8) is 0 Å². The van der Waals surface area contributed by atoms with Crippen LogP contribution >= 0.6 is 0 Å². The number of esters is 1. The Morgan fingerprint density at radius 3 is 2.72 bits per heavy atom. The lowest BCUT2D eigenvalue weighted by atomic mass is 10.2. The maximum absolute atomic E-state index is 11.4. The zero-order valence-corrected chi connectivity index (χ0v) is 10.7. The summed E-state index contributed by atoms with van der Waals surface area (Å²) in [5.41, 5.74) is 2.42. The number of hydrogen-bond acceptors (Lipinski definition) is 6. The number of aryl methyl sites for hydroxylation is 2. The summed E-state index contributed by atoms with van der Waals surface area (Å²) in [6, 6.07) is 0. The molecule has 7 nitrogen and oxygen atoms in total. The summed E-state index contributed by atoms with van der Waals surface area (Å²) in [4.78, 5) is 15.5. The monoisotopic (exact) mass is 250 g/mol. The van der Waals surface area contributed by atoms with Crippen molar-refractivity contribution >= 4 is 5.97 Å². The average Bonchev–Trinajstić information content (AvgIpc) is 2.86. The highest BCUT2D eigenvalue weighted by Crippen LogP contribution is 2.24. The van der Waals surface area contributed by atoms with E-state index < -0.39 is 5.97 Å². The van der Waals surface area contributed by atoms with Gasteiger partial charge in [-0.05, 0) is 25.9 Å². The van der Waals surface area contributed by atoms with Crippen molar-refractivity contribution in [1.82, 2.24) is 19.9 Å². The molecule has 0 saturated heterocycles.